The Labute approximate surface area is 165 Å². The monoisotopic (exact) mass is 387 g/mol. The van der Waals surface area contributed by atoms with E-state index in [2.05, 4.69) is 19.2 Å². The van der Waals surface area contributed by atoms with Gasteiger partial charge in [0.05, 0.1) is 18.6 Å². The first-order chi connectivity index (χ1) is 13.2. The van der Waals surface area contributed by atoms with Gasteiger partial charge in [-0.1, -0.05) is 6.92 Å². The number of anilines is 1. The summed E-state index contributed by atoms with van der Waals surface area (Å²) < 4.78 is 5.51. The number of nitrogens with zero attached hydrogens (tertiary/aromatic N) is 2. The number of fused-ring (bicyclic) bond motifs is 3. The van der Waals surface area contributed by atoms with Gasteiger partial charge in [-0.05, 0) is 56.4 Å². The number of thiophene rings is 1. The first-order valence-electron chi connectivity index (χ1n) is 10.7. The Morgan fingerprint density at radius 3 is 2.81 bits per heavy atom. The Hall–Kier alpha value is -1.24. The number of nitrogens with one attached hydrogen (secondary N) is 2. The Bertz CT molecular complexity index is 825. The number of aryl methyl sites for hydroxylation is 1. The minimum Gasteiger partial charge on any atom is -0.370 e. The van der Waals surface area contributed by atoms with E-state index in [4.69, 9.17) is 14.7 Å². The maximum Gasteiger partial charge on any atom is 0.187 e. The highest BCUT2D eigenvalue weighted by Crippen LogP contribution is 2.41. The molecule has 5 nitrogen and oxygen atoms in total. The summed E-state index contributed by atoms with van der Waals surface area (Å²) in [4.78, 5) is 14.4. The van der Waals surface area contributed by atoms with Crippen LogP contribution < -0.4 is 10.2 Å². The number of quaternary nitrogens is 1. The fourth-order valence-electron chi connectivity index (χ4n) is 4.56. The zero-order valence-electron chi connectivity index (χ0n) is 16.5. The lowest BCUT2D eigenvalue weighted by atomic mass is 9.89. The molecule has 0 amide bonds. The molecule has 1 saturated carbocycles. The molecule has 2 N–H and O–H groups in total. The summed E-state index contributed by atoms with van der Waals surface area (Å²) in [5.41, 5.74) is 1.53. The van der Waals surface area contributed by atoms with Crippen molar-refractivity contribution in [3.05, 3.63) is 16.3 Å². The van der Waals surface area contributed by atoms with Crippen molar-refractivity contribution in [2.75, 3.05) is 31.6 Å². The van der Waals surface area contributed by atoms with Gasteiger partial charge in [-0.25, -0.2) is 9.97 Å². The topological polar surface area (TPSA) is 51.5 Å². The molecule has 0 unspecified atom stereocenters. The zero-order valence-corrected chi connectivity index (χ0v) is 17.3. The van der Waals surface area contributed by atoms with Crippen LogP contribution >= 0.6 is 11.3 Å². The van der Waals surface area contributed by atoms with Crippen LogP contribution in [0.2, 0.25) is 0 Å². The van der Waals surface area contributed by atoms with Gasteiger partial charge in [0.15, 0.2) is 5.82 Å². The van der Waals surface area contributed by atoms with Crippen molar-refractivity contribution >= 4 is 27.4 Å². The average Bonchev–Trinajstić information content (AvgIpc) is 3.44. The molecular formula is C21H31N4OS+. The van der Waals surface area contributed by atoms with Gasteiger partial charge >= 0.3 is 0 Å². The summed E-state index contributed by atoms with van der Waals surface area (Å²) in [6, 6.07) is 0.504. The zero-order chi connectivity index (χ0) is 18.4. The molecule has 3 aliphatic rings. The van der Waals surface area contributed by atoms with E-state index in [1.165, 1.54) is 52.8 Å². The Morgan fingerprint density at radius 1 is 1.22 bits per heavy atom. The van der Waals surface area contributed by atoms with Crippen LogP contribution in [0, 0.1) is 11.8 Å². The maximum absolute atomic E-state index is 5.51. The molecule has 3 heterocycles. The predicted octanol–water partition coefficient (Wildman–Crippen LogP) is 2.44. The second kappa shape index (κ2) is 7.30. The molecule has 1 aliphatic heterocycles. The van der Waals surface area contributed by atoms with Gasteiger partial charge in [0.2, 0.25) is 0 Å². The van der Waals surface area contributed by atoms with Crippen LogP contribution in [0.3, 0.4) is 0 Å². The minimum absolute atomic E-state index is 0.504. The van der Waals surface area contributed by atoms with E-state index in [0.29, 0.717) is 6.04 Å². The first-order valence-corrected chi connectivity index (χ1v) is 11.5. The van der Waals surface area contributed by atoms with Gasteiger partial charge in [0.1, 0.15) is 30.3 Å². The molecule has 2 aliphatic carbocycles. The lowest BCUT2D eigenvalue weighted by molar-refractivity contribution is -0.922. The molecular weight excluding hydrogens is 356 g/mol. The quantitative estimate of drug-likeness (QED) is 0.827. The molecule has 0 radical (unpaired) electrons. The lowest BCUT2D eigenvalue weighted by Gasteiger charge is -2.23. The van der Waals surface area contributed by atoms with Crippen molar-refractivity contribution in [2.24, 2.45) is 11.8 Å². The summed E-state index contributed by atoms with van der Waals surface area (Å²) in [5, 5.41) is 5.12. The fraction of sp³-hybridized carbons (Fsp3) is 0.714. The van der Waals surface area contributed by atoms with E-state index < -0.39 is 0 Å². The highest BCUT2D eigenvalue weighted by Gasteiger charge is 2.30. The molecule has 146 valence electrons. The second-order valence-corrected chi connectivity index (χ2v) is 9.91. The van der Waals surface area contributed by atoms with Crippen LogP contribution in [0.15, 0.2) is 0 Å². The number of hydrogen-bond donors (Lipinski definition) is 2. The molecule has 2 atom stereocenters. The third-order valence-electron chi connectivity index (χ3n) is 6.50. The van der Waals surface area contributed by atoms with Crippen LogP contribution in [0.25, 0.3) is 10.2 Å². The van der Waals surface area contributed by atoms with Crippen LogP contribution in [0.1, 0.15) is 49.4 Å². The van der Waals surface area contributed by atoms with Crippen molar-refractivity contribution in [1.82, 2.24) is 9.97 Å². The number of ether oxygens (including phenoxy) is 1. The van der Waals surface area contributed by atoms with Crippen molar-refractivity contribution in [1.29, 1.82) is 0 Å². The van der Waals surface area contributed by atoms with Gasteiger partial charge in [-0.3, -0.25) is 0 Å². The summed E-state index contributed by atoms with van der Waals surface area (Å²) in [6.07, 6.45) is 6.38. The Balaban J connectivity index is 1.51. The third kappa shape index (κ3) is 3.71. The highest BCUT2D eigenvalue weighted by atomic mass is 32.1. The van der Waals surface area contributed by atoms with Crippen LogP contribution in [0.4, 0.5) is 5.82 Å². The molecule has 2 aromatic rings. The molecule has 0 aromatic carbocycles. The molecule has 2 aromatic heterocycles. The lowest BCUT2D eigenvalue weighted by Crippen LogP contribution is -3.12. The SMILES string of the molecule is C[C@H]1CCc2c(sc3nc(C[NH+]4CCOCC4)nc(N[C@H](C)C4CC4)c23)C1. The highest BCUT2D eigenvalue weighted by molar-refractivity contribution is 7.19. The van der Waals surface area contributed by atoms with E-state index in [9.17, 15) is 0 Å². The van der Waals surface area contributed by atoms with Crippen molar-refractivity contribution in [3.8, 4) is 0 Å². The standard InChI is InChI=1S/C21H30N4OS/c1-13-3-6-16-17(11-13)27-21-19(16)20(22-14(2)15-4-5-15)23-18(24-21)12-25-7-9-26-10-8-25/h13-15H,3-12H2,1-2H3,(H,22,23,24)/p+1/t13-,14+/m0/s1. The van der Waals surface area contributed by atoms with Crippen molar-refractivity contribution in [2.45, 2.75) is 58.5 Å². The molecule has 27 heavy (non-hydrogen) atoms. The van der Waals surface area contributed by atoms with Gasteiger partial charge in [0, 0.05) is 10.9 Å². The summed E-state index contributed by atoms with van der Waals surface area (Å²) in [5.74, 6) is 3.71. The van der Waals surface area contributed by atoms with Crippen LogP contribution in [-0.4, -0.2) is 42.3 Å². The molecule has 0 spiro atoms. The van der Waals surface area contributed by atoms with Crippen LogP contribution in [0.5, 0.6) is 0 Å². The first kappa shape index (κ1) is 17.8. The van der Waals surface area contributed by atoms with Crippen molar-refractivity contribution < 1.29 is 9.64 Å². The molecule has 2 fully saturated rings. The largest absolute Gasteiger partial charge is 0.370 e. The van der Waals surface area contributed by atoms with Gasteiger partial charge in [0.25, 0.3) is 0 Å². The van der Waals surface area contributed by atoms with E-state index in [1.807, 2.05) is 11.3 Å². The Morgan fingerprint density at radius 2 is 2.04 bits per heavy atom. The summed E-state index contributed by atoms with van der Waals surface area (Å²) >= 11 is 1.92. The molecule has 5 rings (SSSR count). The summed E-state index contributed by atoms with van der Waals surface area (Å²) in [6.45, 7) is 9.42. The van der Waals surface area contributed by atoms with Gasteiger partial charge < -0.3 is 15.0 Å². The van der Waals surface area contributed by atoms with E-state index in [-0.39, 0.29) is 0 Å². The minimum atomic E-state index is 0.504. The van der Waals surface area contributed by atoms with E-state index >= 15 is 0 Å². The molecule has 1 saturated heterocycles. The fourth-order valence-corrected chi connectivity index (χ4v) is 5.96. The molecule has 6 heteroatoms. The van der Waals surface area contributed by atoms with Crippen LogP contribution in [-0.2, 0) is 24.1 Å². The molecule has 0 bridgehead atoms. The predicted molar refractivity (Wildman–Crippen MR) is 110 cm³/mol. The number of hydrogen-bond acceptors (Lipinski definition) is 5. The van der Waals surface area contributed by atoms with Gasteiger partial charge in [-0.2, -0.15) is 0 Å². The maximum atomic E-state index is 5.51. The normalized spacial score (nSPS) is 24.7. The smallest absolute Gasteiger partial charge is 0.187 e. The van der Waals surface area contributed by atoms with E-state index in [1.54, 1.807) is 4.88 Å². The van der Waals surface area contributed by atoms with Gasteiger partial charge in [-0.15, -0.1) is 11.3 Å². The van der Waals surface area contributed by atoms with Crippen molar-refractivity contribution in [3.63, 3.8) is 0 Å². The number of aromatic nitrogens is 2. The average molecular weight is 388 g/mol. The Kier molecular flexibility index (Phi) is 4.82. The van der Waals surface area contributed by atoms with E-state index in [0.717, 1.165) is 56.3 Å². The summed E-state index contributed by atoms with van der Waals surface area (Å²) in [7, 11) is 0. The third-order valence-corrected chi connectivity index (χ3v) is 7.65. The second-order valence-electron chi connectivity index (χ2n) is 8.83. The number of morpholine rings is 1. The number of rotatable bonds is 5.